The van der Waals surface area contributed by atoms with E-state index in [1.165, 1.54) is 0 Å². The van der Waals surface area contributed by atoms with Crippen molar-refractivity contribution in [2.24, 2.45) is 5.92 Å². The molecule has 0 aliphatic carbocycles. The molecule has 1 aromatic heterocycles. The second-order valence-corrected chi connectivity index (χ2v) is 8.80. The molecular formula is C27H33N3O4. The summed E-state index contributed by atoms with van der Waals surface area (Å²) < 4.78 is 6.26. The Labute approximate surface area is 201 Å². The number of nitrogens with zero attached hydrogens (tertiary/aromatic N) is 3. The van der Waals surface area contributed by atoms with Crippen LogP contribution >= 0.6 is 0 Å². The van der Waals surface area contributed by atoms with Gasteiger partial charge in [-0.25, -0.2) is 4.98 Å². The molecule has 7 nitrogen and oxygen atoms in total. The van der Waals surface area contributed by atoms with E-state index in [2.05, 4.69) is 23.7 Å². The number of benzene rings is 1. The van der Waals surface area contributed by atoms with Crippen molar-refractivity contribution in [3.63, 3.8) is 0 Å². The summed E-state index contributed by atoms with van der Waals surface area (Å²) >= 11 is 0. The average molecular weight is 464 g/mol. The highest BCUT2D eigenvalue weighted by molar-refractivity contribution is 5.97. The van der Waals surface area contributed by atoms with E-state index in [1.54, 1.807) is 41.2 Å². The van der Waals surface area contributed by atoms with Gasteiger partial charge in [0, 0.05) is 43.3 Å². The topological polar surface area (TPSA) is 83.0 Å². The third kappa shape index (κ3) is 5.95. The van der Waals surface area contributed by atoms with E-state index in [-0.39, 0.29) is 36.3 Å². The van der Waals surface area contributed by atoms with Crippen LogP contribution in [0.3, 0.4) is 0 Å². The number of amides is 2. The number of aliphatic hydroxyl groups is 1. The van der Waals surface area contributed by atoms with Crippen molar-refractivity contribution < 1.29 is 19.4 Å². The van der Waals surface area contributed by atoms with Gasteiger partial charge in [0.15, 0.2) is 0 Å². The number of fused-ring (bicyclic) bond motifs is 1. The maximum absolute atomic E-state index is 13.4. The molecule has 1 aromatic carbocycles. The minimum absolute atomic E-state index is 0.107. The number of aromatic nitrogens is 1. The fourth-order valence-corrected chi connectivity index (χ4v) is 3.83. The number of likely N-dealkylation sites (N-methyl/N-ethyl adjacent to an activating group) is 1. The van der Waals surface area contributed by atoms with Gasteiger partial charge in [-0.15, -0.1) is 0 Å². The van der Waals surface area contributed by atoms with Crippen LogP contribution in [0.4, 0.5) is 0 Å². The fraction of sp³-hybridized carbons (Fsp3) is 0.444. The Bertz CT molecular complexity index is 1060. The zero-order valence-corrected chi connectivity index (χ0v) is 20.3. The molecule has 3 atom stereocenters. The SMILES string of the molecule is CCCC#Cc1cnc2c(c1)C(=O)N([C@H](C)CO)C[C@H](C)[C@@H](CN(C)C(=O)c1ccccc1)O2. The third-order valence-electron chi connectivity index (χ3n) is 5.95. The Balaban J connectivity index is 1.93. The van der Waals surface area contributed by atoms with Crippen molar-refractivity contribution in [2.75, 3.05) is 26.7 Å². The lowest BCUT2D eigenvalue weighted by Crippen LogP contribution is -2.50. The summed E-state index contributed by atoms with van der Waals surface area (Å²) in [6.45, 7) is 6.39. The molecule has 0 saturated carbocycles. The number of pyridine rings is 1. The first-order chi connectivity index (χ1) is 16.3. The van der Waals surface area contributed by atoms with Crippen molar-refractivity contribution in [2.45, 2.75) is 45.8 Å². The number of carbonyl (C=O) groups excluding carboxylic acids is 2. The van der Waals surface area contributed by atoms with Crippen LogP contribution in [0, 0.1) is 17.8 Å². The normalized spacial score (nSPS) is 18.5. The van der Waals surface area contributed by atoms with E-state index in [0.29, 0.717) is 29.8 Å². The summed E-state index contributed by atoms with van der Waals surface area (Å²) in [5, 5.41) is 9.79. The van der Waals surface area contributed by atoms with Gasteiger partial charge in [0.2, 0.25) is 5.88 Å². The highest BCUT2D eigenvalue weighted by Crippen LogP contribution is 2.27. The maximum Gasteiger partial charge on any atom is 0.259 e. The quantitative estimate of drug-likeness (QED) is 0.665. The van der Waals surface area contributed by atoms with Crippen molar-refractivity contribution >= 4 is 11.8 Å². The van der Waals surface area contributed by atoms with Gasteiger partial charge in [-0.05, 0) is 31.5 Å². The molecule has 1 aliphatic heterocycles. The van der Waals surface area contributed by atoms with Gasteiger partial charge in [-0.3, -0.25) is 9.59 Å². The van der Waals surface area contributed by atoms with E-state index in [4.69, 9.17) is 4.74 Å². The Kier molecular flexibility index (Phi) is 8.67. The molecule has 0 saturated heterocycles. The molecule has 1 N–H and O–H groups in total. The molecule has 180 valence electrons. The minimum Gasteiger partial charge on any atom is -0.472 e. The number of rotatable bonds is 6. The summed E-state index contributed by atoms with van der Waals surface area (Å²) in [7, 11) is 1.74. The monoisotopic (exact) mass is 463 g/mol. The van der Waals surface area contributed by atoms with Crippen molar-refractivity contribution in [1.82, 2.24) is 14.8 Å². The van der Waals surface area contributed by atoms with Gasteiger partial charge in [0.05, 0.1) is 19.2 Å². The lowest BCUT2D eigenvalue weighted by Gasteiger charge is -2.37. The zero-order chi connectivity index (χ0) is 24.7. The van der Waals surface area contributed by atoms with Crippen LogP contribution in [0.1, 0.15) is 59.9 Å². The molecule has 0 fully saturated rings. The Morgan fingerprint density at radius 3 is 2.76 bits per heavy atom. The van der Waals surface area contributed by atoms with Crippen LogP contribution in [0.5, 0.6) is 5.88 Å². The molecule has 1 aliphatic rings. The highest BCUT2D eigenvalue weighted by atomic mass is 16.5. The number of carbonyl (C=O) groups is 2. The van der Waals surface area contributed by atoms with Crippen LogP contribution in [0.25, 0.3) is 0 Å². The summed E-state index contributed by atoms with van der Waals surface area (Å²) in [5.74, 6) is 5.89. The number of hydrogen-bond acceptors (Lipinski definition) is 5. The van der Waals surface area contributed by atoms with E-state index < -0.39 is 6.10 Å². The van der Waals surface area contributed by atoms with Crippen LogP contribution in [0.2, 0.25) is 0 Å². The van der Waals surface area contributed by atoms with E-state index in [1.807, 2.05) is 32.0 Å². The summed E-state index contributed by atoms with van der Waals surface area (Å²) in [6.07, 6.45) is 2.92. The van der Waals surface area contributed by atoms with Gasteiger partial charge < -0.3 is 19.6 Å². The summed E-state index contributed by atoms with van der Waals surface area (Å²) in [5.41, 5.74) is 1.56. The van der Waals surface area contributed by atoms with Gasteiger partial charge in [0.25, 0.3) is 11.8 Å². The smallest absolute Gasteiger partial charge is 0.259 e. The molecule has 0 spiro atoms. The summed E-state index contributed by atoms with van der Waals surface area (Å²) in [4.78, 5) is 34.0. The second-order valence-electron chi connectivity index (χ2n) is 8.80. The lowest BCUT2D eigenvalue weighted by atomic mass is 9.99. The molecule has 3 rings (SSSR count). The van der Waals surface area contributed by atoms with Crippen molar-refractivity contribution in [3.8, 4) is 17.7 Å². The van der Waals surface area contributed by atoms with Crippen molar-refractivity contribution in [3.05, 3.63) is 59.3 Å². The van der Waals surface area contributed by atoms with Crippen LogP contribution in [0.15, 0.2) is 42.6 Å². The molecule has 0 bridgehead atoms. The van der Waals surface area contributed by atoms with Gasteiger partial charge in [0.1, 0.15) is 11.7 Å². The molecule has 2 aromatic rings. The van der Waals surface area contributed by atoms with Gasteiger partial charge in [-0.2, -0.15) is 0 Å². The Hall–Kier alpha value is -3.37. The maximum atomic E-state index is 13.4. The zero-order valence-electron chi connectivity index (χ0n) is 20.3. The third-order valence-corrected chi connectivity index (χ3v) is 5.95. The first kappa shape index (κ1) is 25.3. The molecule has 7 heteroatoms. The largest absolute Gasteiger partial charge is 0.472 e. The predicted octanol–water partition coefficient (Wildman–Crippen LogP) is 3.23. The van der Waals surface area contributed by atoms with Crippen LogP contribution in [-0.4, -0.2) is 70.6 Å². The Morgan fingerprint density at radius 1 is 1.35 bits per heavy atom. The van der Waals surface area contributed by atoms with Crippen LogP contribution in [-0.2, 0) is 0 Å². The summed E-state index contributed by atoms with van der Waals surface area (Å²) in [6, 6.07) is 10.4. The van der Waals surface area contributed by atoms with E-state index >= 15 is 0 Å². The predicted molar refractivity (Wildman–Crippen MR) is 131 cm³/mol. The lowest BCUT2D eigenvalue weighted by molar-refractivity contribution is 0.0313. The molecular weight excluding hydrogens is 430 g/mol. The molecule has 0 unspecified atom stereocenters. The average Bonchev–Trinajstić information content (AvgIpc) is 2.86. The second kappa shape index (κ2) is 11.7. The van der Waals surface area contributed by atoms with Gasteiger partial charge in [-0.1, -0.05) is 43.9 Å². The number of unbranched alkanes of at least 4 members (excludes halogenated alkanes) is 1. The first-order valence-corrected chi connectivity index (χ1v) is 11.7. The minimum atomic E-state index is -0.401. The number of aliphatic hydroxyl groups excluding tert-OH is 1. The number of ether oxygens (including phenoxy) is 1. The highest BCUT2D eigenvalue weighted by Gasteiger charge is 2.34. The standard InChI is InChI=1S/C27H33N3O4/c1-5-6-8-11-21-14-23-25(28-15-21)34-24(19(2)16-30(27(23)33)20(3)18-31)17-29(4)26(32)22-12-9-7-10-13-22/h7,9-10,12-15,19-20,24,31H,5-6,16-18H2,1-4H3/t19-,20+,24+/m0/s1. The van der Waals surface area contributed by atoms with Crippen molar-refractivity contribution in [1.29, 1.82) is 0 Å². The van der Waals surface area contributed by atoms with Crippen LogP contribution < -0.4 is 4.74 Å². The first-order valence-electron chi connectivity index (χ1n) is 11.7. The van der Waals surface area contributed by atoms with E-state index in [0.717, 1.165) is 12.8 Å². The van der Waals surface area contributed by atoms with Gasteiger partial charge >= 0.3 is 0 Å². The molecule has 2 amide bonds. The molecule has 0 radical (unpaired) electrons. The molecule has 2 heterocycles. The Morgan fingerprint density at radius 2 is 2.09 bits per heavy atom. The van der Waals surface area contributed by atoms with E-state index in [9.17, 15) is 14.7 Å². The molecule has 34 heavy (non-hydrogen) atoms. The number of hydrogen-bond donors (Lipinski definition) is 1. The fourth-order valence-electron chi connectivity index (χ4n) is 3.83.